The minimum atomic E-state index is -0.199. The molecule has 0 fully saturated rings. The first-order valence-electron chi connectivity index (χ1n) is 6.00. The molecule has 3 heteroatoms. The Labute approximate surface area is 107 Å². The molecule has 0 aliphatic carbocycles. The molecular weight excluding hydrogens is 227 g/mol. The van der Waals surface area contributed by atoms with Gasteiger partial charge in [-0.1, -0.05) is 24.3 Å². The smallest absolute Gasteiger partial charge is 0.123 e. The number of nitrogens with one attached hydrogen (secondary N) is 1. The number of rotatable bonds is 4. The Morgan fingerprint density at radius 3 is 2.56 bits per heavy atom. The fraction of sp³-hybridized carbons (Fsp3) is 0.200. The van der Waals surface area contributed by atoms with Gasteiger partial charge in [0.15, 0.2) is 0 Å². The maximum Gasteiger partial charge on any atom is 0.123 e. The molecule has 2 nitrogen and oxygen atoms in total. The maximum absolute atomic E-state index is 12.7. The number of hydrogen-bond donors (Lipinski definition) is 2. The Hall–Kier alpha value is -2.03. The quantitative estimate of drug-likeness (QED) is 0.809. The zero-order valence-corrected chi connectivity index (χ0v) is 10.4. The molecule has 94 valence electrons. The van der Waals surface area contributed by atoms with Gasteiger partial charge in [-0.3, -0.25) is 0 Å². The molecule has 0 saturated heterocycles. The SMILES string of the molecule is Cc1cccc(NCCc2ccc(F)cc2)c1N. The molecule has 0 aliphatic rings. The van der Waals surface area contributed by atoms with Crippen molar-refractivity contribution in [3.63, 3.8) is 0 Å². The lowest BCUT2D eigenvalue weighted by molar-refractivity contribution is 0.627. The molecule has 0 radical (unpaired) electrons. The highest BCUT2D eigenvalue weighted by Crippen LogP contribution is 2.21. The highest BCUT2D eigenvalue weighted by Gasteiger charge is 2.00. The highest BCUT2D eigenvalue weighted by atomic mass is 19.1. The Balaban J connectivity index is 1.92. The van der Waals surface area contributed by atoms with Crippen molar-refractivity contribution in [2.45, 2.75) is 13.3 Å². The summed E-state index contributed by atoms with van der Waals surface area (Å²) in [5.74, 6) is -0.199. The van der Waals surface area contributed by atoms with E-state index in [1.807, 2.05) is 25.1 Å². The van der Waals surface area contributed by atoms with Gasteiger partial charge in [-0.2, -0.15) is 0 Å². The van der Waals surface area contributed by atoms with E-state index in [2.05, 4.69) is 5.32 Å². The molecule has 0 bridgehead atoms. The van der Waals surface area contributed by atoms with Crippen LogP contribution in [0, 0.1) is 12.7 Å². The third-order valence-electron chi connectivity index (χ3n) is 2.97. The Bertz CT molecular complexity index is 521. The van der Waals surface area contributed by atoms with Crippen LogP contribution in [0.2, 0.25) is 0 Å². The molecule has 0 aliphatic heterocycles. The lowest BCUT2D eigenvalue weighted by atomic mass is 10.1. The first kappa shape index (κ1) is 12.4. The molecule has 2 aromatic carbocycles. The monoisotopic (exact) mass is 244 g/mol. The molecule has 0 amide bonds. The number of aryl methyl sites for hydroxylation is 1. The maximum atomic E-state index is 12.7. The number of halogens is 1. The van der Waals surface area contributed by atoms with Crippen LogP contribution in [0.3, 0.4) is 0 Å². The fourth-order valence-corrected chi connectivity index (χ4v) is 1.83. The van der Waals surface area contributed by atoms with Crippen molar-refractivity contribution in [2.75, 3.05) is 17.6 Å². The second-order valence-corrected chi connectivity index (χ2v) is 4.34. The summed E-state index contributed by atoms with van der Waals surface area (Å²) in [4.78, 5) is 0. The summed E-state index contributed by atoms with van der Waals surface area (Å²) in [5.41, 5.74) is 9.89. The number of benzene rings is 2. The molecule has 0 aromatic heterocycles. The second-order valence-electron chi connectivity index (χ2n) is 4.34. The van der Waals surface area contributed by atoms with Crippen molar-refractivity contribution in [1.29, 1.82) is 0 Å². The van der Waals surface area contributed by atoms with Crippen molar-refractivity contribution < 1.29 is 4.39 Å². The van der Waals surface area contributed by atoms with Gasteiger partial charge in [0.05, 0.1) is 11.4 Å². The van der Waals surface area contributed by atoms with E-state index in [-0.39, 0.29) is 5.82 Å². The minimum Gasteiger partial charge on any atom is -0.397 e. The molecule has 2 rings (SSSR count). The summed E-state index contributed by atoms with van der Waals surface area (Å²) in [6, 6.07) is 12.5. The van der Waals surface area contributed by atoms with Crippen molar-refractivity contribution in [2.24, 2.45) is 0 Å². The van der Waals surface area contributed by atoms with Crippen LogP contribution in [0.4, 0.5) is 15.8 Å². The van der Waals surface area contributed by atoms with Gasteiger partial charge in [-0.05, 0) is 42.7 Å². The van der Waals surface area contributed by atoms with Crippen LogP contribution < -0.4 is 11.1 Å². The minimum absolute atomic E-state index is 0.199. The summed E-state index contributed by atoms with van der Waals surface area (Å²) < 4.78 is 12.7. The molecule has 0 spiro atoms. The van der Waals surface area contributed by atoms with Gasteiger partial charge < -0.3 is 11.1 Å². The third-order valence-corrected chi connectivity index (χ3v) is 2.97. The number of anilines is 2. The fourth-order valence-electron chi connectivity index (χ4n) is 1.83. The van der Waals surface area contributed by atoms with Crippen molar-refractivity contribution >= 4 is 11.4 Å². The molecule has 3 N–H and O–H groups in total. The lowest BCUT2D eigenvalue weighted by Crippen LogP contribution is -2.07. The average Bonchev–Trinajstić information content (AvgIpc) is 2.37. The molecule has 2 aromatic rings. The van der Waals surface area contributed by atoms with Crippen molar-refractivity contribution in [1.82, 2.24) is 0 Å². The molecular formula is C15H17FN2. The third kappa shape index (κ3) is 3.00. The van der Waals surface area contributed by atoms with Crippen LogP contribution in [-0.2, 0) is 6.42 Å². The van der Waals surface area contributed by atoms with Crippen molar-refractivity contribution in [3.8, 4) is 0 Å². The van der Waals surface area contributed by atoms with Crippen LogP contribution >= 0.6 is 0 Å². The van der Waals surface area contributed by atoms with Gasteiger partial charge in [-0.15, -0.1) is 0 Å². The van der Waals surface area contributed by atoms with E-state index >= 15 is 0 Å². The predicted octanol–water partition coefficient (Wildman–Crippen LogP) is 3.37. The average molecular weight is 244 g/mol. The molecule has 18 heavy (non-hydrogen) atoms. The van der Waals surface area contributed by atoms with Gasteiger partial charge >= 0.3 is 0 Å². The predicted molar refractivity (Wildman–Crippen MR) is 74.2 cm³/mol. The largest absolute Gasteiger partial charge is 0.397 e. The van der Waals surface area contributed by atoms with E-state index in [0.717, 1.165) is 35.5 Å². The van der Waals surface area contributed by atoms with Crippen molar-refractivity contribution in [3.05, 3.63) is 59.4 Å². The topological polar surface area (TPSA) is 38.0 Å². The number of hydrogen-bond acceptors (Lipinski definition) is 2. The van der Waals surface area contributed by atoms with E-state index in [0.29, 0.717) is 0 Å². The van der Waals surface area contributed by atoms with Crippen LogP contribution in [0.5, 0.6) is 0 Å². The van der Waals surface area contributed by atoms with Crippen LogP contribution in [0.1, 0.15) is 11.1 Å². The lowest BCUT2D eigenvalue weighted by Gasteiger charge is -2.11. The Morgan fingerprint density at radius 2 is 1.83 bits per heavy atom. The zero-order chi connectivity index (χ0) is 13.0. The van der Waals surface area contributed by atoms with Gasteiger partial charge in [0, 0.05) is 6.54 Å². The van der Waals surface area contributed by atoms with E-state index in [9.17, 15) is 4.39 Å². The molecule has 0 heterocycles. The molecule has 0 saturated carbocycles. The normalized spacial score (nSPS) is 10.3. The van der Waals surface area contributed by atoms with E-state index in [1.54, 1.807) is 12.1 Å². The van der Waals surface area contributed by atoms with Crippen LogP contribution in [-0.4, -0.2) is 6.54 Å². The summed E-state index contributed by atoms with van der Waals surface area (Å²) in [6.45, 7) is 2.76. The second kappa shape index (κ2) is 5.54. The standard InChI is InChI=1S/C15H17FN2/c1-11-3-2-4-14(15(11)17)18-10-9-12-5-7-13(16)8-6-12/h2-8,18H,9-10,17H2,1H3. The molecule has 0 unspecified atom stereocenters. The van der Waals surface area contributed by atoms with E-state index < -0.39 is 0 Å². The van der Waals surface area contributed by atoms with Gasteiger partial charge in [0.25, 0.3) is 0 Å². The number of nitrogens with two attached hydrogens (primary N) is 1. The Morgan fingerprint density at radius 1 is 1.11 bits per heavy atom. The van der Waals surface area contributed by atoms with E-state index in [1.165, 1.54) is 12.1 Å². The van der Waals surface area contributed by atoms with Crippen LogP contribution in [0.15, 0.2) is 42.5 Å². The highest BCUT2D eigenvalue weighted by molar-refractivity contribution is 5.69. The first-order valence-corrected chi connectivity index (χ1v) is 6.00. The number of para-hydroxylation sites is 1. The Kier molecular flexibility index (Phi) is 3.82. The van der Waals surface area contributed by atoms with E-state index in [4.69, 9.17) is 5.73 Å². The summed E-state index contributed by atoms with van der Waals surface area (Å²) in [5, 5.41) is 3.30. The molecule has 0 atom stereocenters. The first-order chi connectivity index (χ1) is 8.66. The number of nitrogen functional groups attached to an aromatic ring is 1. The summed E-state index contributed by atoms with van der Waals surface area (Å²) in [6.07, 6.45) is 0.841. The zero-order valence-electron chi connectivity index (χ0n) is 10.4. The van der Waals surface area contributed by atoms with Gasteiger partial charge in [0.2, 0.25) is 0 Å². The van der Waals surface area contributed by atoms with Gasteiger partial charge in [0.1, 0.15) is 5.82 Å². The summed E-state index contributed by atoms with van der Waals surface area (Å²) >= 11 is 0. The van der Waals surface area contributed by atoms with Gasteiger partial charge in [-0.25, -0.2) is 4.39 Å². The summed E-state index contributed by atoms with van der Waals surface area (Å²) in [7, 11) is 0. The van der Waals surface area contributed by atoms with Crippen LogP contribution in [0.25, 0.3) is 0 Å².